The first kappa shape index (κ1) is 20.9. The van der Waals surface area contributed by atoms with E-state index >= 15 is 0 Å². The largest absolute Gasteiger partial charge is 0.337 e. The molecule has 0 atom stereocenters. The molecule has 0 aliphatic rings. The van der Waals surface area contributed by atoms with Crippen LogP contribution >= 0.6 is 0 Å². The molecule has 3 amide bonds. The molecule has 7 heteroatoms. The van der Waals surface area contributed by atoms with Crippen LogP contribution in [0.25, 0.3) is 0 Å². The standard InChI is InChI=1S/C21H23FN4O2/c1-2-11-26(15-18-5-3-16(12-23)4-6-18)20(27)14-25-21(28)24-13-17-7-9-19(22)10-8-17/h3-10H,2,11,13-15H2,1H3,(H2,24,25,28). The Balaban J connectivity index is 1.82. The van der Waals surface area contributed by atoms with Crippen LogP contribution < -0.4 is 10.6 Å². The van der Waals surface area contributed by atoms with Crippen LogP contribution in [0.1, 0.15) is 30.0 Å². The van der Waals surface area contributed by atoms with Gasteiger partial charge in [0.15, 0.2) is 0 Å². The minimum Gasteiger partial charge on any atom is -0.337 e. The Kier molecular flexibility index (Phi) is 7.97. The Morgan fingerprint density at radius 3 is 2.29 bits per heavy atom. The Bertz CT molecular complexity index is 829. The number of carbonyl (C=O) groups is 2. The summed E-state index contributed by atoms with van der Waals surface area (Å²) >= 11 is 0. The molecule has 146 valence electrons. The van der Waals surface area contributed by atoms with Gasteiger partial charge in [-0.05, 0) is 41.8 Å². The molecule has 0 saturated carbocycles. The summed E-state index contributed by atoms with van der Waals surface area (Å²) in [4.78, 5) is 26.0. The monoisotopic (exact) mass is 382 g/mol. The number of nitriles is 1. The second-order valence-corrected chi connectivity index (χ2v) is 6.29. The lowest BCUT2D eigenvalue weighted by Gasteiger charge is -2.22. The fraction of sp³-hybridized carbons (Fsp3) is 0.286. The molecular weight excluding hydrogens is 359 g/mol. The molecule has 2 aromatic carbocycles. The number of hydrogen-bond donors (Lipinski definition) is 2. The van der Waals surface area contributed by atoms with E-state index in [0.717, 1.165) is 17.5 Å². The highest BCUT2D eigenvalue weighted by Gasteiger charge is 2.14. The van der Waals surface area contributed by atoms with Crippen LogP contribution in [-0.4, -0.2) is 29.9 Å². The minimum absolute atomic E-state index is 0.120. The van der Waals surface area contributed by atoms with Gasteiger partial charge < -0.3 is 15.5 Å². The lowest BCUT2D eigenvalue weighted by atomic mass is 10.1. The van der Waals surface area contributed by atoms with Crippen LogP contribution in [0.4, 0.5) is 9.18 Å². The number of benzene rings is 2. The Morgan fingerprint density at radius 1 is 1.04 bits per heavy atom. The van der Waals surface area contributed by atoms with Crippen LogP contribution in [-0.2, 0) is 17.9 Å². The zero-order valence-electron chi connectivity index (χ0n) is 15.7. The van der Waals surface area contributed by atoms with Crippen molar-refractivity contribution in [3.05, 3.63) is 71.0 Å². The van der Waals surface area contributed by atoms with Gasteiger partial charge in [-0.25, -0.2) is 9.18 Å². The number of rotatable bonds is 8. The smallest absolute Gasteiger partial charge is 0.315 e. The van der Waals surface area contributed by atoms with Gasteiger partial charge in [-0.2, -0.15) is 5.26 Å². The fourth-order valence-corrected chi connectivity index (χ4v) is 2.58. The van der Waals surface area contributed by atoms with Gasteiger partial charge in [0.1, 0.15) is 5.82 Å². The van der Waals surface area contributed by atoms with Gasteiger partial charge in [-0.1, -0.05) is 31.2 Å². The molecule has 0 bridgehead atoms. The normalized spacial score (nSPS) is 10.0. The van der Waals surface area contributed by atoms with E-state index in [2.05, 4.69) is 16.7 Å². The highest BCUT2D eigenvalue weighted by molar-refractivity contribution is 5.84. The third kappa shape index (κ3) is 6.72. The molecular formula is C21H23FN4O2. The maximum absolute atomic E-state index is 12.9. The Labute approximate surface area is 164 Å². The van der Waals surface area contributed by atoms with Gasteiger partial charge in [-0.3, -0.25) is 4.79 Å². The lowest BCUT2D eigenvalue weighted by molar-refractivity contribution is -0.130. The Hall–Kier alpha value is -3.40. The van der Waals surface area contributed by atoms with Crippen molar-refractivity contribution in [2.45, 2.75) is 26.4 Å². The first-order valence-corrected chi connectivity index (χ1v) is 9.04. The number of hydrogen-bond acceptors (Lipinski definition) is 3. The number of halogens is 1. The molecule has 2 N–H and O–H groups in total. The van der Waals surface area contributed by atoms with Crippen LogP contribution in [0.15, 0.2) is 48.5 Å². The predicted molar refractivity (Wildman–Crippen MR) is 104 cm³/mol. The molecule has 2 rings (SSSR count). The average Bonchev–Trinajstić information content (AvgIpc) is 2.71. The third-order valence-electron chi connectivity index (χ3n) is 4.07. The quantitative estimate of drug-likeness (QED) is 0.736. The number of nitrogens with zero attached hydrogens (tertiary/aromatic N) is 2. The summed E-state index contributed by atoms with van der Waals surface area (Å²) in [5.41, 5.74) is 2.24. The first-order valence-electron chi connectivity index (χ1n) is 9.04. The molecule has 2 aromatic rings. The summed E-state index contributed by atoms with van der Waals surface area (Å²) in [6.45, 7) is 3.08. The first-order chi connectivity index (χ1) is 13.5. The van der Waals surface area contributed by atoms with Crippen LogP contribution in [0.2, 0.25) is 0 Å². The van der Waals surface area contributed by atoms with E-state index in [0.29, 0.717) is 18.7 Å². The molecule has 0 aliphatic heterocycles. The number of amides is 3. The summed E-state index contributed by atoms with van der Waals surface area (Å²) in [6.07, 6.45) is 0.790. The zero-order valence-corrected chi connectivity index (χ0v) is 15.7. The van der Waals surface area contributed by atoms with Crippen molar-refractivity contribution >= 4 is 11.9 Å². The van der Waals surface area contributed by atoms with Crippen molar-refractivity contribution in [3.63, 3.8) is 0 Å². The van der Waals surface area contributed by atoms with Crippen molar-refractivity contribution in [1.82, 2.24) is 15.5 Å². The van der Waals surface area contributed by atoms with Crippen LogP contribution in [0.3, 0.4) is 0 Å². The second-order valence-electron chi connectivity index (χ2n) is 6.29. The van der Waals surface area contributed by atoms with E-state index in [-0.39, 0.29) is 24.8 Å². The van der Waals surface area contributed by atoms with E-state index < -0.39 is 6.03 Å². The maximum Gasteiger partial charge on any atom is 0.315 e. The molecule has 0 aliphatic carbocycles. The third-order valence-corrected chi connectivity index (χ3v) is 4.07. The molecule has 0 saturated heterocycles. The highest BCUT2D eigenvalue weighted by atomic mass is 19.1. The summed E-state index contributed by atoms with van der Waals surface area (Å²) < 4.78 is 12.9. The molecule has 0 fully saturated rings. The summed E-state index contributed by atoms with van der Waals surface area (Å²) in [5.74, 6) is -0.528. The topological polar surface area (TPSA) is 85.2 Å². The summed E-state index contributed by atoms with van der Waals surface area (Å²) in [7, 11) is 0. The van der Waals surface area contributed by atoms with Crippen molar-refractivity contribution in [3.8, 4) is 6.07 Å². The lowest BCUT2D eigenvalue weighted by Crippen LogP contribution is -2.43. The van der Waals surface area contributed by atoms with Crippen LogP contribution in [0, 0.1) is 17.1 Å². The molecule has 6 nitrogen and oxygen atoms in total. The van der Waals surface area contributed by atoms with E-state index in [1.165, 1.54) is 12.1 Å². The summed E-state index contributed by atoms with van der Waals surface area (Å²) in [5, 5.41) is 14.0. The van der Waals surface area contributed by atoms with E-state index in [1.807, 2.05) is 19.1 Å². The SMILES string of the molecule is CCCN(Cc1ccc(C#N)cc1)C(=O)CNC(=O)NCc1ccc(F)cc1. The van der Waals surface area contributed by atoms with Gasteiger partial charge in [0.2, 0.25) is 5.91 Å². The van der Waals surface area contributed by atoms with Crippen LogP contribution in [0.5, 0.6) is 0 Å². The van der Waals surface area contributed by atoms with Gasteiger partial charge in [-0.15, -0.1) is 0 Å². The fourth-order valence-electron chi connectivity index (χ4n) is 2.58. The van der Waals surface area contributed by atoms with E-state index in [4.69, 9.17) is 5.26 Å². The average molecular weight is 382 g/mol. The molecule has 0 spiro atoms. The number of carbonyl (C=O) groups excluding carboxylic acids is 2. The Morgan fingerprint density at radius 2 is 1.68 bits per heavy atom. The molecule has 28 heavy (non-hydrogen) atoms. The van der Waals surface area contributed by atoms with E-state index in [1.54, 1.807) is 29.2 Å². The molecule has 0 heterocycles. The maximum atomic E-state index is 12.9. The summed E-state index contributed by atoms with van der Waals surface area (Å²) in [6, 6.07) is 14.5. The molecule has 0 unspecified atom stereocenters. The predicted octanol–water partition coefficient (Wildman–Crippen LogP) is 2.94. The second kappa shape index (κ2) is 10.7. The zero-order chi connectivity index (χ0) is 20.4. The highest BCUT2D eigenvalue weighted by Crippen LogP contribution is 2.08. The van der Waals surface area contributed by atoms with Gasteiger partial charge >= 0.3 is 6.03 Å². The molecule has 0 aromatic heterocycles. The minimum atomic E-state index is -0.465. The van der Waals surface area contributed by atoms with Crippen molar-refractivity contribution in [2.24, 2.45) is 0 Å². The van der Waals surface area contributed by atoms with Crippen molar-refractivity contribution in [1.29, 1.82) is 5.26 Å². The van der Waals surface area contributed by atoms with Crippen molar-refractivity contribution in [2.75, 3.05) is 13.1 Å². The molecule has 0 radical (unpaired) electrons. The van der Waals surface area contributed by atoms with Gasteiger partial charge in [0.05, 0.1) is 18.2 Å². The number of urea groups is 1. The van der Waals surface area contributed by atoms with Gasteiger partial charge in [0, 0.05) is 19.6 Å². The van der Waals surface area contributed by atoms with E-state index in [9.17, 15) is 14.0 Å². The van der Waals surface area contributed by atoms with Crippen molar-refractivity contribution < 1.29 is 14.0 Å². The number of nitrogens with one attached hydrogen (secondary N) is 2. The van der Waals surface area contributed by atoms with Gasteiger partial charge in [0.25, 0.3) is 0 Å².